The Labute approximate surface area is 125 Å². The molecule has 21 heavy (non-hydrogen) atoms. The second kappa shape index (κ2) is 6.35. The maximum Gasteiger partial charge on any atom is 0.237 e. The van der Waals surface area contributed by atoms with E-state index in [1.807, 2.05) is 25.2 Å². The summed E-state index contributed by atoms with van der Waals surface area (Å²) in [5.41, 5.74) is 1.14. The monoisotopic (exact) mass is 290 g/mol. The van der Waals surface area contributed by atoms with Crippen LogP contribution in [0, 0.1) is 0 Å². The lowest BCUT2D eigenvalue weighted by Gasteiger charge is -2.26. The van der Waals surface area contributed by atoms with E-state index in [-0.39, 0.29) is 11.9 Å². The normalized spacial score (nSPS) is 21.8. The van der Waals surface area contributed by atoms with Crippen molar-refractivity contribution in [1.29, 1.82) is 0 Å². The molecule has 1 N–H and O–H groups in total. The fourth-order valence-corrected chi connectivity index (χ4v) is 2.93. The van der Waals surface area contributed by atoms with Gasteiger partial charge in [0.15, 0.2) is 11.5 Å². The fourth-order valence-electron chi connectivity index (χ4n) is 2.93. The van der Waals surface area contributed by atoms with Crippen molar-refractivity contribution >= 4 is 5.91 Å². The molecule has 1 atom stereocenters. The zero-order valence-electron chi connectivity index (χ0n) is 12.4. The summed E-state index contributed by atoms with van der Waals surface area (Å²) < 4.78 is 11.1. The summed E-state index contributed by atoms with van der Waals surface area (Å²) in [6, 6.07) is 5.96. The number of nitrogens with one attached hydrogen (secondary N) is 1. The van der Waals surface area contributed by atoms with Crippen LogP contribution >= 0.6 is 0 Å². The molecule has 5 nitrogen and oxygen atoms in total. The number of nitrogens with zero attached hydrogens (tertiary/aromatic N) is 1. The van der Waals surface area contributed by atoms with E-state index in [0.717, 1.165) is 49.4 Å². The van der Waals surface area contributed by atoms with Gasteiger partial charge in [0.2, 0.25) is 5.91 Å². The maximum atomic E-state index is 12.1. The van der Waals surface area contributed by atoms with Crippen molar-refractivity contribution in [2.24, 2.45) is 0 Å². The maximum absolute atomic E-state index is 12.1. The summed E-state index contributed by atoms with van der Waals surface area (Å²) >= 11 is 0. The number of hydrogen-bond donors (Lipinski definition) is 1. The van der Waals surface area contributed by atoms with Crippen LogP contribution in [0.3, 0.4) is 0 Å². The molecule has 2 heterocycles. The molecule has 1 saturated heterocycles. The molecule has 1 aromatic carbocycles. The predicted molar refractivity (Wildman–Crippen MR) is 79.5 cm³/mol. The van der Waals surface area contributed by atoms with Gasteiger partial charge < -0.3 is 14.8 Å². The Morgan fingerprint density at radius 3 is 2.90 bits per heavy atom. The molecule has 0 radical (unpaired) electrons. The van der Waals surface area contributed by atoms with E-state index in [0.29, 0.717) is 13.2 Å². The van der Waals surface area contributed by atoms with E-state index in [9.17, 15) is 4.79 Å². The number of rotatable bonds is 3. The Kier molecular flexibility index (Phi) is 4.29. The van der Waals surface area contributed by atoms with Gasteiger partial charge in [-0.15, -0.1) is 0 Å². The first-order valence-corrected chi connectivity index (χ1v) is 7.60. The Hall–Kier alpha value is -1.75. The van der Waals surface area contributed by atoms with Gasteiger partial charge in [-0.1, -0.05) is 6.07 Å². The Morgan fingerprint density at radius 1 is 1.24 bits per heavy atom. The van der Waals surface area contributed by atoms with Gasteiger partial charge in [-0.05, 0) is 44.0 Å². The first-order valence-electron chi connectivity index (χ1n) is 7.60. The van der Waals surface area contributed by atoms with E-state index in [2.05, 4.69) is 10.2 Å². The summed E-state index contributed by atoms with van der Waals surface area (Å²) in [7, 11) is 2.01. The number of ether oxygens (including phenoxy) is 2. The minimum Gasteiger partial charge on any atom is -0.486 e. The van der Waals surface area contributed by atoms with Crippen molar-refractivity contribution in [3.8, 4) is 11.5 Å². The van der Waals surface area contributed by atoms with Gasteiger partial charge in [-0.2, -0.15) is 0 Å². The molecular weight excluding hydrogens is 268 g/mol. The molecule has 0 aromatic heterocycles. The van der Waals surface area contributed by atoms with Crippen molar-refractivity contribution in [3.05, 3.63) is 23.8 Å². The third-order valence-corrected chi connectivity index (χ3v) is 4.08. The van der Waals surface area contributed by atoms with Crippen LogP contribution in [0.25, 0.3) is 0 Å². The highest BCUT2D eigenvalue weighted by Gasteiger charge is 2.25. The van der Waals surface area contributed by atoms with Crippen LogP contribution in [-0.2, 0) is 11.3 Å². The van der Waals surface area contributed by atoms with Crippen molar-refractivity contribution < 1.29 is 14.3 Å². The number of amides is 1. The average molecular weight is 290 g/mol. The number of likely N-dealkylation sites (N-methyl/N-ethyl adjacent to an activating group) is 1. The van der Waals surface area contributed by atoms with Crippen molar-refractivity contribution in [2.45, 2.75) is 31.8 Å². The second-order valence-corrected chi connectivity index (χ2v) is 5.70. The van der Waals surface area contributed by atoms with Gasteiger partial charge in [0.25, 0.3) is 0 Å². The van der Waals surface area contributed by atoms with Gasteiger partial charge >= 0.3 is 0 Å². The number of benzene rings is 1. The van der Waals surface area contributed by atoms with Crippen molar-refractivity contribution in [2.75, 3.05) is 26.8 Å². The first kappa shape index (κ1) is 14.2. The molecule has 114 valence electrons. The van der Waals surface area contributed by atoms with E-state index >= 15 is 0 Å². The first-order chi connectivity index (χ1) is 10.2. The van der Waals surface area contributed by atoms with E-state index in [1.54, 1.807) is 0 Å². The SMILES string of the molecule is CN(Cc1ccc2c(c1)OCCO2)[C@@H]1CCCCNC1=O. The molecular formula is C16H22N2O3. The van der Waals surface area contributed by atoms with Crippen LogP contribution in [0.15, 0.2) is 18.2 Å². The van der Waals surface area contributed by atoms with Gasteiger partial charge in [0, 0.05) is 13.1 Å². The van der Waals surface area contributed by atoms with E-state index < -0.39 is 0 Å². The third-order valence-electron chi connectivity index (χ3n) is 4.08. The van der Waals surface area contributed by atoms with E-state index in [4.69, 9.17) is 9.47 Å². The highest BCUT2D eigenvalue weighted by Crippen LogP contribution is 2.31. The number of carbonyl (C=O) groups excluding carboxylic acids is 1. The van der Waals surface area contributed by atoms with Crippen LogP contribution < -0.4 is 14.8 Å². The Morgan fingerprint density at radius 2 is 2.05 bits per heavy atom. The van der Waals surface area contributed by atoms with Crippen LogP contribution in [0.5, 0.6) is 11.5 Å². The minimum absolute atomic E-state index is 0.0410. The smallest absolute Gasteiger partial charge is 0.237 e. The van der Waals surface area contributed by atoms with Gasteiger partial charge in [0.1, 0.15) is 13.2 Å². The highest BCUT2D eigenvalue weighted by molar-refractivity contribution is 5.81. The second-order valence-electron chi connectivity index (χ2n) is 5.70. The lowest BCUT2D eigenvalue weighted by atomic mass is 10.1. The molecule has 0 unspecified atom stereocenters. The summed E-state index contributed by atoms with van der Waals surface area (Å²) in [6.07, 6.45) is 3.09. The predicted octanol–water partition coefficient (Wildman–Crippen LogP) is 1.56. The van der Waals surface area contributed by atoms with Crippen LogP contribution in [0.1, 0.15) is 24.8 Å². The third kappa shape index (κ3) is 3.29. The summed E-state index contributed by atoms with van der Waals surface area (Å²) in [5.74, 6) is 1.75. The lowest BCUT2D eigenvalue weighted by Crippen LogP contribution is -2.43. The average Bonchev–Trinajstić information content (AvgIpc) is 2.71. The number of hydrogen-bond acceptors (Lipinski definition) is 4. The minimum atomic E-state index is -0.0410. The van der Waals surface area contributed by atoms with Crippen LogP contribution in [0.4, 0.5) is 0 Å². The summed E-state index contributed by atoms with van der Waals surface area (Å²) in [6.45, 7) is 2.73. The molecule has 0 spiro atoms. The molecule has 2 aliphatic heterocycles. The zero-order valence-corrected chi connectivity index (χ0v) is 12.4. The van der Waals surface area contributed by atoms with E-state index in [1.165, 1.54) is 0 Å². The van der Waals surface area contributed by atoms with Crippen LogP contribution in [-0.4, -0.2) is 43.7 Å². The Bertz CT molecular complexity index is 518. The molecule has 1 fully saturated rings. The quantitative estimate of drug-likeness (QED) is 0.918. The van der Waals surface area contributed by atoms with Gasteiger partial charge in [-0.3, -0.25) is 9.69 Å². The summed E-state index contributed by atoms with van der Waals surface area (Å²) in [4.78, 5) is 14.2. The molecule has 0 bridgehead atoms. The molecule has 1 amide bonds. The largest absolute Gasteiger partial charge is 0.486 e. The molecule has 3 rings (SSSR count). The lowest BCUT2D eigenvalue weighted by molar-refractivity contribution is -0.125. The summed E-state index contributed by atoms with van der Waals surface area (Å²) in [5, 5.41) is 2.99. The fraction of sp³-hybridized carbons (Fsp3) is 0.562. The zero-order chi connectivity index (χ0) is 14.7. The Balaban J connectivity index is 1.69. The highest BCUT2D eigenvalue weighted by atomic mass is 16.6. The van der Waals surface area contributed by atoms with Gasteiger partial charge in [-0.25, -0.2) is 0 Å². The van der Waals surface area contributed by atoms with Crippen molar-refractivity contribution in [3.63, 3.8) is 0 Å². The molecule has 5 heteroatoms. The van der Waals surface area contributed by atoms with Crippen molar-refractivity contribution in [1.82, 2.24) is 10.2 Å². The number of fused-ring (bicyclic) bond motifs is 1. The molecule has 0 aliphatic carbocycles. The van der Waals surface area contributed by atoms with Gasteiger partial charge in [0.05, 0.1) is 6.04 Å². The standard InChI is InChI=1S/C16H22N2O3/c1-18(13-4-2-3-7-17-16(13)19)11-12-5-6-14-15(10-12)21-9-8-20-14/h5-6,10,13H,2-4,7-9,11H2,1H3,(H,17,19)/t13-/m1/s1. The molecule has 2 aliphatic rings. The molecule has 1 aromatic rings. The topological polar surface area (TPSA) is 50.8 Å². The molecule has 0 saturated carbocycles. The van der Waals surface area contributed by atoms with Crippen LogP contribution in [0.2, 0.25) is 0 Å². The number of carbonyl (C=O) groups is 1.